The van der Waals surface area contributed by atoms with Crippen LogP contribution in [0, 0.1) is 18.9 Å². The Bertz CT molecular complexity index is 320. The molecule has 0 heterocycles. The van der Waals surface area contributed by atoms with Gasteiger partial charge in [-0.2, -0.15) is 0 Å². The molecule has 0 fully saturated rings. The van der Waals surface area contributed by atoms with E-state index < -0.39 is 0 Å². The molecule has 0 amide bonds. The number of nitrogens with two attached hydrogens (primary N) is 1. The summed E-state index contributed by atoms with van der Waals surface area (Å²) in [6, 6.07) is 7.42. The van der Waals surface area contributed by atoms with E-state index >= 15 is 0 Å². The fourth-order valence-corrected chi connectivity index (χ4v) is 0.817. The Morgan fingerprint density at radius 2 is 2.18 bits per heavy atom. The van der Waals surface area contributed by atoms with Crippen molar-refractivity contribution in [1.29, 1.82) is 0 Å². The van der Waals surface area contributed by atoms with Crippen molar-refractivity contribution in [2.75, 3.05) is 0 Å². The Balaban J connectivity index is 3.12. The van der Waals surface area contributed by atoms with Gasteiger partial charge in [-0.1, -0.05) is 0 Å². The first-order valence-electron chi connectivity index (χ1n) is 3.25. The Kier molecular flexibility index (Phi) is 2.03. The van der Waals surface area contributed by atoms with Gasteiger partial charge in [0.15, 0.2) is 0 Å². The zero-order valence-electron chi connectivity index (χ0n) is 6.26. The lowest BCUT2D eigenvalue weighted by molar-refractivity contribution is 0.471. The van der Waals surface area contributed by atoms with Crippen LogP contribution in [0.3, 0.4) is 0 Å². The number of hydrogen-bond donors (Lipinski definition) is 2. The van der Waals surface area contributed by atoms with Crippen LogP contribution in [-0.4, -0.2) is 5.11 Å². The van der Waals surface area contributed by atoms with Gasteiger partial charge in [0.25, 0.3) is 0 Å². The van der Waals surface area contributed by atoms with Gasteiger partial charge >= 0.3 is 0 Å². The first-order valence-corrected chi connectivity index (χ1v) is 3.25. The minimum atomic E-state index is 0.285. The third-order valence-electron chi connectivity index (χ3n) is 1.41. The first kappa shape index (κ1) is 7.49. The molecular weight excluding hydrogens is 138 g/mol. The Hall–Kier alpha value is -1.62. The largest absolute Gasteiger partial charge is 0.508 e. The lowest BCUT2D eigenvalue weighted by atomic mass is 10.1. The van der Waals surface area contributed by atoms with Crippen LogP contribution in [0.5, 0.6) is 5.75 Å². The smallest absolute Gasteiger partial charge is 0.118 e. The molecule has 0 saturated heterocycles. The van der Waals surface area contributed by atoms with Crippen LogP contribution in [0.15, 0.2) is 18.2 Å². The van der Waals surface area contributed by atoms with Gasteiger partial charge < -0.3 is 10.8 Å². The van der Waals surface area contributed by atoms with Gasteiger partial charge in [0.05, 0.1) is 0 Å². The highest BCUT2D eigenvalue weighted by Gasteiger charge is 1.94. The minimum absolute atomic E-state index is 0.285. The predicted molar refractivity (Wildman–Crippen MR) is 43.9 cm³/mol. The van der Waals surface area contributed by atoms with Crippen LogP contribution in [0.1, 0.15) is 11.1 Å². The topological polar surface area (TPSA) is 46.2 Å². The van der Waals surface area contributed by atoms with Gasteiger partial charge in [0, 0.05) is 11.6 Å². The molecule has 1 aromatic rings. The van der Waals surface area contributed by atoms with Crippen LogP contribution < -0.4 is 5.73 Å². The van der Waals surface area contributed by atoms with E-state index in [1.165, 1.54) is 0 Å². The first-order chi connectivity index (χ1) is 5.24. The second kappa shape index (κ2) is 2.98. The molecular formula is C9H9NO. The molecule has 0 radical (unpaired) electrons. The van der Waals surface area contributed by atoms with E-state index in [1.54, 1.807) is 18.2 Å². The van der Waals surface area contributed by atoms with Crippen LogP contribution >= 0.6 is 0 Å². The number of aryl methyl sites for hydroxylation is 1. The molecule has 0 saturated carbocycles. The van der Waals surface area contributed by atoms with E-state index in [9.17, 15) is 0 Å². The summed E-state index contributed by atoms with van der Waals surface area (Å²) < 4.78 is 0. The number of benzene rings is 1. The number of phenols is 1. The maximum Gasteiger partial charge on any atom is 0.118 e. The van der Waals surface area contributed by atoms with E-state index in [2.05, 4.69) is 12.0 Å². The highest BCUT2D eigenvalue weighted by Crippen LogP contribution is 2.15. The van der Waals surface area contributed by atoms with E-state index in [1.807, 2.05) is 6.92 Å². The van der Waals surface area contributed by atoms with Crippen molar-refractivity contribution >= 4 is 0 Å². The van der Waals surface area contributed by atoms with Crippen molar-refractivity contribution in [3.05, 3.63) is 29.3 Å². The molecule has 3 N–H and O–H groups in total. The zero-order chi connectivity index (χ0) is 8.27. The maximum absolute atomic E-state index is 9.13. The summed E-state index contributed by atoms with van der Waals surface area (Å²) in [5, 5.41) is 9.13. The Morgan fingerprint density at radius 1 is 1.45 bits per heavy atom. The zero-order valence-corrected chi connectivity index (χ0v) is 6.26. The summed E-state index contributed by atoms with van der Waals surface area (Å²) in [5.41, 5.74) is 6.66. The normalized spacial score (nSPS) is 8.45. The second-order valence-corrected chi connectivity index (χ2v) is 2.27. The predicted octanol–water partition coefficient (Wildman–Crippen LogP) is 0.968. The molecule has 2 nitrogen and oxygen atoms in total. The molecule has 1 aromatic carbocycles. The molecule has 1 rings (SSSR count). The molecule has 0 bridgehead atoms. The lowest BCUT2D eigenvalue weighted by Crippen LogP contribution is -1.81. The Labute approximate surface area is 65.7 Å². The highest BCUT2D eigenvalue weighted by molar-refractivity contribution is 5.42. The van der Waals surface area contributed by atoms with Crippen molar-refractivity contribution in [2.24, 2.45) is 5.73 Å². The molecule has 11 heavy (non-hydrogen) atoms. The van der Waals surface area contributed by atoms with E-state index in [0.29, 0.717) is 0 Å². The summed E-state index contributed by atoms with van der Waals surface area (Å²) in [7, 11) is 0. The number of phenolic OH excluding ortho intramolecular Hbond substituents is 1. The number of rotatable bonds is 0. The number of hydrogen-bond acceptors (Lipinski definition) is 2. The molecule has 0 aromatic heterocycles. The fraction of sp³-hybridized carbons (Fsp3) is 0.111. The summed E-state index contributed by atoms with van der Waals surface area (Å²) >= 11 is 0. The molecule has 0 unspecified atom stereocenters. The fourth-order valence-electron chi connectivity index (χ4n) is 0.817. The van der Waals surface area contributed by atoms with Gasteiger partial charge in [-0.05, 0) is 36.6 Å². The molecule has 0 atom stereocenters. The van der Waals surface area contributed by atoms with Crippen molar-refractivity contribution in [3.8, 4) is 17.7 Å². The van der Waals surface area contributed by atoms with E-state index in [0.717, 1.165) is 11.1 Å². The average Bonchev–Trinajstić information content (AvgIpc) is 1.98. The lowest BCUT2D eigenvalue weighted by Gasteiger charge is -1.96. The van der Waals surface area contributed by atoms with Crippen LogP contribution in [0.25, 0.3) is 0 Å². The summed E-state index contributed by atoms with van der Waals surface area (Å²) in [4.78, 5) is 0. The van der Waals surface area contributed by atoms with Crippen LogP contribution in [0.2, 0.25) is 0 Å². The van der Waals surface area contributed by atoms with Crippen LogP contribution in [-0.2, 0) is 0 Å². The SMILES string of the molecule is Cc1cc(C#CN)ccc1O. The summed E-state index contributed by atoms with van der Waals surface area (Å²) in [5.74, 6) is 2.98. The third-order valence-corrected chi connectivity index (χ3v) is 1.41. The molecule has 2 heteroatoms. The maximum atomic E-state index is 9.13. The van der Waals surface area contributed by atoms with Gasteiger partial charge in [0.1, 0.15) is 5.75 Å². The van der Waals surface area contributed by atoms with Crippen molar-refractivity contribution < 1.29 is 5.11 Å². The molecule has 56 valence electrons. The van der Waals surface area contributed by atoms with Crippen molar-refractivity contribution in [3.63, 3.8) is 0 Å². The molecule has 0 aliphatic carbocycles. The van der Waals surface area contributed by atoms with Crippen LogP contribution in [0.4, 0.5) is 0 Å². The summed E-state index contributed by atoms with van der Waals surface area (Å²) in [6.45, 7) is 1.82. The quantitative estimate of drug-likeness (QED) is 0.424. The molecule has 0 aliphatic heterocycles. The standard InChI is InChI=1S/C9H9NO/c1-7-6-8(4-5-10)2-3-9(7)11/h2-3,6,11H,10H2,1H3. The van der Waals surface area contributed by atoms with E-state index in [-0.39, 0.29) is 5.75 Å². The molecule has 0 aliphatic rings. The van der Waals surface area contributed by atoms with Gasteiger partial charge in [-0.3, -0.25) is 0 Å². The third kappa shape index (κ3) is 1.65. The van der Waals surface area contributed by atoms with Gasteiger partial charge in [-0.25, -0.2) is 0 Å². The highest BCUT2D eigenvalue weighted by atomic mass is 16.3. The molecule has 0 spiro atoms. The van der Waals surface area contributed by atoms with E-state index in [4.69, 9.17) is 10.8 Å². The van der Waals surface area contributed by atoms with Crippen molar-refractivity contribution in [1.82, 2.24) is 0 Å². The summed E-state index contributed by atoms with van der Waals surface area (Å²) in [6.07, 6.45) is 0. The van der Waals surface area contributed by atoms with Gasteiger partial charge in [-0.15, -0.1) is 0 Å². The van der Waals surface area contributed by atoms with Crippen molar-refractivity contribution in [2.45, 2.75) is 6.92 Å². The van der Waals surface area contributed by atoms with Gasteiger partial charge in [0.2, 0.25) is 0 Å². The minimum Gasteiger partial charge on any atom is -0.508 e. The second-order valence-electron chi connectivity index (χ2n) is 2.27. The Morgan fingerprint density at radius 3 is 2.73 bits per heavy atom. The number of aromatic hydroxyl groups is 1. The monoisotopic (exact) mass is 147 g/mol. The average molecular weight is 147 g/mol.